The normalized spacial score (nSPS) is 10.4. The summed E-state index contributed by atoms with van der Waals surface area (Å²) < 4.78 is 14.2. The van der Waals surface area contributed by atoms with Crippen LogP contribution in [0.25, 0.3) is 0 Å². The third-order valence-electron chi connectivity index (χ3n) is 4.56. The van der Waals surface area contributed by atoms with Crippen LogP contribution in [0.5, 0.6) is 0 Å². The van der Waals surface area contributed by atoms with Gasteiger partial charge in [0, 0.05) is 0 Å². The zero-order valence-corrected chi connectivity index (χ0v) is 25.1. The molecule has 0 aliphatic rings. The third kappa shape index (κ3) is 18.2. The zero-order chi connectivity index (χ0) is 31.9. The van der Waals surface area contributed by atoms with Crippen molar-refractivity contribution < 1.29 is 96.7 Å². The van der Waals surface area contributed by atoms with Crippen LogP contribution in [0.15, 0.2) is 0 Å². The first-order chi connectivity index (χ1) is 18.8. The number of esters is 8. The number of carbonyl (C=O) groups is 12. The first-order valence-electron chi connectivity index (χ1n) is 11.7. The van der Waals surface area contributed by atoms with Crippen molar-refractivity contribution in [3.8, 4) is 0 Å². The SMILES string of the molecule is CC(=O)CC(=O)OC(=O)[CH2][Zr]([CH2]C(=O)OC(=O)CC(C)=O)([CH2]C(=O)OC(=O)CC(C)=O)[CH2]C(=O)OC(=O)CC(C)=O. The van der Waals surface area contributed by atoms with Gasteiger partial charge in [-0.25, -0.2) is 0 Å². The van der Waals surface area contributed by atoms with Crippen LogP contribution >= 0.6 is 0 Å². The topological polar surface area (TPSA) is 242 Å². The van der Waals surface area contributed by atoms with Gasteiger partial charge in [0.25, 0.3) is 0 Å². The minimum atomic E-state index is -5.33. The molecule has 0 heterocycles. The first-order valence-corrected chi connectivity index (χ1v) is 18.7. The van der Waals surface area contributed by atoms with Crippen LogP contribution in [0, 0.1) is 0 Å². The van der Waals surface area contributed by atoms with Crippen LogP contribution in [-0.2, 0) is 96.7 Å². The van der Waals surface area contributed by atoms with Crippen molar-refractivity contribution in [1.29, 1.82) is 0 Å². The van der Waals surface area contributed by atoms with Crippen molar-refractivity contribution in [1.82, 2.24) is 0 Å². The Hall–Kier alpha value is -3.88. The van der Waals surface area contributed by atoms with E-state index in [2.05, 4.69) is 18.9 Å². The Kier molecular flexibility index (Phi) is 16.1. The molecular weight excluding hydrogens is 635 g/mol. The number of hydrogen-bond donors (Lipinski definition) is 0. The summed E-state index contributed by atoms with van der Waals surface area (Å²) >= 11 is -5.33. The van der Waals surface area contributed by atoms with Gasteiger partial charge in [-0.15, -0.1) is 0 Å². The first kappa shape index (κ1) is 37.1. The third-order valence-corrected chi connectivity index (χ3v) is 14.8. The molecule has 0 amide bonds. The number of Topliss-reactive ketones (excluding diaryl/α,β-unsaturated/α-hetero) is 4. The Balaban J connectivity index is 6.37. The van der Waals surface area contributed by atoms with Gasteiger partial charge in [-0.2, -0.15) is 0 Å². The summed E-state index contributed by atoms with van der Waals surface area (Å²) in [6.45, 7) is 4.08. The molecule has 0 N–H and O–H groups in total. The van der Waals surface area contributed by atoms with Crippen molar-refractivity contribution >= 4 is 70.9 Å². The van der Waals surface area contributed by atoms with E-state index in [0.717, 1.165) is 27.7 Å². The van der Waals surface area contributed by atoms with Crippen LogP contribution in [-0.4, -0.2) is 70.9 Å². The van der Waals surface area contributed by atoms with Gasteiger partial charge in [-0.05, 0) is 0 Å². The molecule has 0 aromatic heterocycles. The predicted molar refractivity (Wildman–Crippen MR) is 125 cm³/mol. The van der Waals surface area contributed by atoms with Crippen molar-refractivity contribution in [2.24, 2.45) is 0 Å². The summed E-state index contributed by atoms with van der Waals surface area (Å²) in [6.07, 6.45) is -3.28. The number of rotatable bonds is 16. The van der Waals surface area contributed by atoms with Crippen molar-refractivity contribution in [2.45, 2.75) is 69.9 Å². The van der Waals surface area contributed by atoms with Crippen LogP contribution in [0.4, 0.5) is 0 Å². The summed E-state index contributed by atoms with van der Waals surface area (Å²) in [4.78, 5) is 142. The maximum atomic E-state index is 12.6. The second-order valence-corrected chi connectivity index (χ2v) is 20.0. The summed E-state index contributed by atoms with van der Waals surface area (Å²) in [5, 5.41) is 0. The summed E-state index contributed by atoms with van der Waals surface area (Å²) in [6, 6.07) is 0. The molecule has 0 aromatic carbocycles. The van der Waals surface area contributed by atoms with E-state index in [1.165, 1.54) is 0 Å². The molecule has 0 aliphatic heterocycles. The van der Waals surface area contributed by atoms with Gasteiger partial charge in [0.15, 0.2) is 0 Å². The van der Waals surface area contributed by atoms with Crippen LogP contribution in [0.2, 0.25) is 16.5 Å². The van der Waals surface area contributed by atoms with Crippen LogP contribution in [0.1, 0.15) is 53.4 Å². The molecule has 0 fully saturated rings. The fourth-order valence-corrected chi connectivity index (χ4v) is 11.8. The average Bonchev–Trinajstić information content (AvgIpc) is 2.69. The Labute approximate surface area is 237 Å². The Morgan fingerprint density at radius 1 is 0.341 bits per heavy atom. The van der Waals surface area contributed by atoms with Crippen LogP contribution in [0.3, 0.4) is 0 Å². The molecule has 0 spiro atoms. The Morgan fingerprint density at radius 3 is 0.659 bits per heavy atom. The summed E-state index contributed by atoms with van der Waals surface area (Å²) in [5.41, 5.74) is 0. The van der Waals surface area contributed by atoms with Gasteiger partial charge in [0.05, 0.1) is 0 Å². The minimum absolute atomic E-state index is 0.676. The van der Waals surface area contributed by atoms with E-state index < -0.39 is 133 Å². The molecular formula is C24H28O16Zr. The number of ketones is 4. The molecule has 224 valence electrons. The molecule has 41 heavy (non-hydrogen) atoms. The van der Waals surface area contributed by atoms with E-state index in [0.29, 0.717) is 0 Å². The molecule has 17 heteroatoms. The van der Waals surface area contributed by atoms with Gasteiger partial charge in [0.1, 0.15) is 0 Å². The van der Waals surface area contributed by atoms with E-state index in [1.54, 1.807) is 0 Å². The van der Waals surface area contributed by atoms with Gasteiger partial charge in [-0.3, -0.25) is 0 Å². The fraction of sp³-hybridized carbons (Fsp3) is 0.500. The average molecular weight is 664 g/mol. The molecule has 0 saturated carbocycles. The second kappa shape index (κ2) is 17.7. The van der Waals surface area contributed by atoms with E-state index in [9.17, 15) is 57.5 Å². The zero-order valence-electron chi connectivity index (χ0n) is 22.7. The molecule has 0 aromatic rings. The summed E-state index contributed by atoms with van der Waals surface area (Å²) in [7, 11) is 0. The van der Waals surface area contributed by atoms with Crippen molar-refractivity contribution in [3.05, 3.63) is 0 Å². The standard InChI is InChI=1S/4C6H7O4.Zr/c4*1-4(7)3-6(9)10-5(2)8;/h4*2-3H2,1H3;. The Bertz CT molecular complexity index is 983. The second-order valence-electron chi connectivity index (χ2n) is 9.11. The molecule has 0 saturated heterocycles. The van der Waals surface area contributed by atoms with Crippen molar-refractivity contribution in [2.75, 3.05) is 0 Å². The fourth-order valence-electron chi connectivity index (χ4n) is 3.21. The number of ether oxygens (including phenoxy) is 4. The van der Waals surface area contributed by atoms with E-state index in [4.69, 9.17) is 0 Å². The molecule has 16 nitrogen and oxygen atoms in total. The number of hydrogen-bond acceptors (Lipinski definition) is 16. The monoisotopic (exact) mass is 662 g/mol. The number of carbonyl (C=O) groups excluding carboxylic acids is 12. The van der Waals surface area contributed by atoms with Gasteiger partial charge in [-0.1, -0.05) is 0 Å². The quantitative estimate of drug-likeness (QED) is 0.120. The molecule has 0 bridgehead atoms. The van der Waals surface area contributed by atoms with Gasteiger partial charge >= 0.3 is 238 Å². The van der Waals surface area contributed by atoms with E-state index >= 15 is 0 Å². The van der Waals surface area contributed by atoms with E-state index in [1.807, 2.05) is 0 Å². The molecule has 0 radical (unpaired) electrons. The molecule has 0 atom stereocenters. The molecule has 0 aliphatic carbocycles. The van der Waals surface area contributed by atoms with Gasteiger partial charge < -0.3 is 0 Å². The maximum absolute atomic E-state index is 12.6. The summed E-state index contributed by atoms with van der Waals surface area (Å²) in [5.74, 6) is -13.5. The van der Waals surface area contributed by atoms with Crippen molar-refractivity contribution in [3.63, 3.8) is 0 Å². The van der Waals surface area contributed by atoms with E-state index in [-0.39, 0.29) is 0 Å². The predicted octanol–water partition coefficient (Wildman–Crippen LogP) is 0.00910. The molecule has 0 unspecified atom stereocenters. The Morgan fingerprint density at radius 2 is 0.512 bits per heavy atom. The van der Waals surface area contributed by atoms with Gasteiger partial charge in [0.2, 0.25) is 0 Å². The van der Waals surface area contributed by atoms with Crippen LogP contribution < -0.4 is 0 Å². The molecule has 0 rings (SSSR count).